The van der Waals surface area contributed by atoms with Crippen molar-refractivity contribution < 1.29 is 28.0 Å². The van der Waals surface area contributed by atoms with Crippen LogP contribution in [0.25, 0.3) is 0 Å². The van der Waals surface area contributed by atoms with E-state index in [0.29, 0.717) is 5.46 Å². The molecule has 3 rings (SSSR count). The van der Waals surface area contributed by atoms with E-state index in [1.807, 2.05) is 27.7 Å². The summed E-state index contributed by atoms with van der Waals surface area (Å²) in [6.45, 7) is 7.63. The number of methoxy groups -OCH3 is 1. The number of nitrogens with zero attached hydrogens (tertiary/aromatic N) is 2. The maximum absolute atomic E-state index is 14.5. The van der Waals surface area contributed by atoms with Gasteiger partial charge in [0.1, 0.15) is 5.82 Å². The van der Waals surface area contributed by atoms with Gasteiger partial charge >= 0.3 is 13.1 Å². The van der Waals surface area contributed by atoms with Crippen molar-refractivity contribution in [2.75, 3.05) is 7.11 Å². The van der Waals surface area contributed by atoms with Gasteiger partial charge in [-0.1, -0.05) is 12.1 Å². The number of hydrogen-bond donors (Lipinski definition) is 1. The van der Waals surface area contributed by atoms with Crippen LogP contribution in [0.1, 0.15) is 33.3 Å². The second-order valence-electron chi connectivity index (χ2n) is 7.57. The van der Waals surface area contributed by atoms with E-state index in [1.54, 1.807) is 12.1 Å². The number of ether oxygens (including phenoxy) is 1. The number of halogens is 1. The topological polar surface area (TPSA) is 98.6 Å². The van der Waals surface area contributed by atoms with Crippen molar-refractivity contribution in [1.82, 2.24) is 5.32 Å². The molecule has 0 aromatic heterocycles. The molecule has 158 valence electrons. The van der Waals surface area contributed by atoms with Crippen molar-refractivity contribution in [1.29, 1.82) is 0 Å². The third kappa shape index (κ3) is 4.47. The molecule has 2 aliphatic heterocycles. The number of carbonyl (C=O) groups is 2. The fourth-order valence-corrected chi connectivity index (χ4v) is 3.38. The predicted octanol–water partition coefficient (Wildman–Crippen LogP) is 1.73. The molecule has 11 heteroatoms. The molecule has 2 saturated heterocycles. The molecule has 0 aliphatic carbocycles. The third-order valence-corrected chi connectivity index (χ3v) is 5.93. The molecule has 0 bridgehead atoms. The fraction of sp³-hybridized carbons (Fsp3) is 0.368. The molecule has 1 aromatic carbocycles. The molecule has 1 N–H and O–H groups in total. The van der Waals surface area contributed by atoms with Crippen molar-refractivity contribution >= 4 is 47.6 Å². The van der Waals surface area contributed by atoms with E-state index in [9.17, 15) is 14.0 Å². The average molecular weight is 433 g/mol. The zero-order valence-corrected chi connectivity index (χ0v) is 18.0. The number of esters is 1. The van der Waals surface area contributed by atoms with Crippen LogP contribution in [0.2, 0.25) is 0 Å². The first-order chi connectivity index (χ1) is 14.0. The largest absolute Gasteiger partial charge is 0.495 e. The molecule has 30 heavy (non-hydrogen) atoms. The number of carbonyl (C=O) groups excluding carboxylic acids is 2. The summed E-state index contributed by atoms with van der Waals surface area (Å²) in [7, 11) is 0.442. The summed E-state index contributed by atoms with van der Waals surface area (Å²) in [6.07, 6.45) is 2.29. The quantitative estimate of drug-likeness (QED) is 0.255. The predicted molar refractivity (Wildman–Crippen MR) is 113 cm³/mol. The van der Waals surface area contributed by atoms with Gasteiger partial charge in [0, 0.05) is 11.6 Å². The molecule has 8 nitrogen and oxygen atoms in total. The van der Waals surface area contributed by atoms with Crippen LogP contribution in [0.15, 0.2) is 39.4 Å². The number of amidine groups is 1. The Morgan fingerprint density at radius 3 is 2.57 bits per heavy atom. The van der Waals surface area contributed by atoms with Crippen LogP contribution in [0.4, 0.5) is 4.39 Å². The van der Waals surface area contributed by atoms with Gasteiger partial charge in [0.05, 0.1) is 29.4 Å². The maximum Gasteiger partial charge on any atom is 0.495 e. The summed E-state index contributed by atoms with van der Waals surface area (Å²) in [5, 5.41) is 10.4. The smallest absolute Gasteiger partial charge is 0.466 e. The Hall–Kier alpha value is -2.50. The van der Waals surface area contributed by atoms with Gasteiger partial charge in [-0.2, -0.15) is 5.10 Å². The molecule has 0 spiro atoms. The van der Waals surface area contributed by atoms with Crippen LogP contribution >= 0.6 is 11.8 Å². The van der Waals surface area contributed by atoms with Crippen molar-refractivity contribution in [2.45, 2.75) is 38.9 Å². The van der Waals surface area contributed by atoms with Crippen LogP contribution in [-0.2, 0) is 23.6 Å². The van der Waals surface area contributed by atoms with Crippen molar-refractivity contribution in [2.24, 2.45) is 10.2 Å². The van der Waals surface area contributed by atoms with Crippen molar-refractivity contribution in [3.63, 3.8) is 0 Å². The first kappa shape index (κ1) is 22.2. The lowest BCUT2D eigenvalue weighted by molar-refractivity contribution is -0.135. The molecule has 2 heterocycles. The highest BCUT2D eigenvalue weighted by Gasteiger charge is 2.52. The van der Waals surface area contributed by atoms with Gasteiger partial charge in [-0.3, -0.25) is 10.1 Å². The minimum absolute atomic E-state index is 0.125. The van der Waals surface area contributed by atoms with Crippen LogP contribution in [-0.4, -0.2) is 48.7 Å². The summed E-state index contributed by atoms with van der Waals surface area (Å²) < 4.78 is 31.0. The molecule has 2 aliphatic rings. The fourth-order valence-electron chi connectivity index (χ4n) is 2.65. The number of amides is 1. The van der Waals surface area contributed by atoms with E-state index in [2.05, 4.69) is 20.3 Å². The summed E-state index contributed by atoms with van der Waals surface area (Å²) in [5.74, 6) is -1.67. The van der Waals surface area contributed by atoms with Crippen LogP contribution in [0, 0.1) is 5.82 Å². The Morgan fingerprint density at radius 2 is 1.93 bits per heavy atom. The molecule has 1 aromatic rings. The molecule has 2 fully saturated rings. The van der Waals surface area contributed by atoms with Gasteiger partial charge in [0.25, 0.3) is 5.91 Å². The molecular formula is C19H21BFN3O5S. The van der Waals surface area contributed by atoms with Gasteiger partial charge in [0.2, 0.25) is 0 Å². The Balaban J connectivity index is 1.82. The van der Waals surface area contributed by atoms with Crippen molar-refractivity contribution in [3.8, 4) is 0 Å². The molecule has 0 unspecified atom stereocenters. The third-order valence-electron chi connectivity index (χ3n) is 5.03. The molecule has 0 atom stereocenters. The van der Waals surface area contributed by atoms with E-state index in [0.717, 1.165) is 17.8 Å². The Morgan fingerprint density at radius 1 is 1.27 bits per heavy atom. The second-order valence-corrected chi connectivity index (χ2v) is 8.60. The summed E-state index contributed by atoms with van der Waals surface area (Å²) in [6, 6.07) is 4.56. The average Bonchev–Trinajstić information content (AvgIpc) is 3.11. The van der Waals surface area contributed by atoms with E-state index >= 15 is 0 Å². The molecule has 0 radical (unpaired) electrons. The van der Waals surface area contributed by atoms with Gasteiger partial charge < -0.3 is 14.0 Å². The molecule has 1 amide bonds. The SMILES string of the molecule is COC(=O)/C=C1/S/C(=N\N=Cc2c(F)cccc2B2OC(C)(C)C(C)(C)O2)NC1=O. The zero-order valence-electron chi connectivity index (χ0n) is 17.2. The lowest BCUT2D eigenvalue weighted by atomic mass is 9.76. The summed E-state index contributed by atoms with van der Waals surface area (Å²) in [5.41, 5.74) is -0.510. The normalized spacial score (nSPS) is 22.9. The van der Waals surface area contributed by atoms with E-state index < -0.39 is 36.0 Å². The summed E-state index contributed by atoms with van der Waals surface area (Å²) in [4.78, 5) is 23.2. The molecule has 0 saturated carbocycles. The number of benzene rings is 1. The minimum Gasteiger partial charge on any atom is -0.466 e. The van der Waals surface area contributed by atoms with Crippen LogP contribution in [0.5, 0.6) is 0 Å². The van der Waals surface area contributed by atoms with Crippen molar-refractivity contribution in [3.05, 3.63) is 40.6 Å². The number of nitrogens with one attached hydrogen (secondary N) is 1. The Kier molecular flexibility index (Phi) is 6.16. The lowest BCUT2D eigenvalue weighted by Crippen LogP contribution is -2.41. The Labute approximate surface area is 178 Å². The summed E-state index contributed by atoms with van der Waals surface area (Å²) >= 11 is 0.924. The van der Waals surface area contributed by atoms with E-state index in [-0.39, 0.29) is 15.6 Å². The number of rotatable bonds is 4. The highest BCUT2D eigenvalue weighted by atomic mass is 32.2. The van der Waals surface area contributed by atoms with Gasteiger partial charge in [-0.25, -0.2) is 9.18 Å². The monoisotopic (exact) mass is 433 g/mol. The van der Waals surface area contributed by atoms with Gasteiger partial charge in [0.15, 0.2) is 5.17 Å². The van der Waals surface area contributed by atoms with Gasteiger partial charge in [-0.15, -0.1) is 5.10 Å². The van der Waals surface area contributed by atoms with Crippen LogP contribution in [0.3, 0.4) is 0 Å². The Bertz CT molecular complexity index is 961. The highest BCUT2D eigenvalue weighted by molar-refractivity contribution is 8.18. The maximum atomic E-state index is 14.5. The van der Waals surface area contributed by atoms with E-state index in [1.165, 1.54) is 19.4 Å². The second kappa shape index (κ2) is 8.33. The first-order valence-electron chi connectivity index (χ1n) is 9.08. The number of thioether (sulfide) groups is 1. The first-order valence-corrected chi connectivity index (χ1v) is 9.89. The standard InChI is InChI=1S/C19H21BFN3O5S/c1-18(2)19(3,4)29-20(28-18)12-7-6-8-13(21)11(12)10-22-24-17-23-16(26)14(30-17)9-15(25)27-5/h6-10H,1-5H3,(H,23,24,26)/b14-9+,22-10?. The highest BCUT2D eigenvalue weighted by Crippen LogP contribution is 2.36. The van der Waals surface area contributed by atoms with Crippen LogP contribution < -0.4 is 10.8 Å². The minimum atomic E-state index is -0.769. The zero-order chi connectivity index (χ0) is 22.1. The van der Waals surface area contributed by atoms with E-state index in [4.69, 9.17) is 9.31 Å². The lowest BCUT2D eigenvalue weighted by Gasteiger charge is -2.32. The molecular weight excluding hydrogens is 412 g/mol. The number of hydrogen-bond acceptors (Lipinski definition) is 8. The van der Waals surface area contributed by atoms with Gasteiger partial charge in [-0.05, 0) is 51.0 Å².